The average Bonchev–Trinajstić information content (AvgIpc) is 3.33. The van der Waals surface area contributed by atoms with Crippen LogP contribution in [-0.4, -0.2) is 21.1 Å². The van der Waals surface area contributed by atoms with Gasteiger partial charge < -0.3 is 15.6 Å². The molecule has 2 aromatic heterocycles. The second kappa shape index (κ2) is 7.06. The first kappa shape index (κ1) is 17.4. The number of rotatable bonds is 4. The number of nitrogens with two attached hydrogens (primary N) is 1. The van der Waals surface area contributed by atoms with Gasteiger partial charge in [-0.15, -0.1) is 0 Å². The number of aromatic nitrogens is 3. The largest absolute Gasteiger partial charge is 0.383 e. The lowest BCUT2D eigenvalue weighted by Gasteiger charge is -2.21. The maximum atomic E-state index is 5.99. The number of hydrogen-bond donors (Lipinski definition) is 2. The van der Waals surface area contributed by atoms with Crippen LogP contribution in [0.5, 0.6) is 0 Å². The molecule has 0 bridgehead atoms. The maximum absolute atomic E-state index is 5.99. The number of hydrogen-bond acceptors (Lipinski definition) is 4. The van der Waals surface area contributed by atoms with Gasteiger partial charge in [0.1, 0.15) is 17.8 Å². The fraction of sp³-hybridized carbons (Fsp3) is 0.391. The predicted molar refractivity (Wildman–Crippen MR) is 113 cm³/mol. The average molecular weight is 374 g/mol. The minimum Gasteiger partial charge on any atom is -0.383 e. The standard InChI is InChI=1S/C23H27N5/c1-15-10-17(21-13-25-8-6-18(21)11-15)4-2-16-3-5-19(12-16)28-9-7-20-22(24)26-14-27-23(20)28/h7,9-12,14,19,25H,2-6,8,13H2,1H3,(H2,24,26,27). The van der Waals surface area contributed by atoms with Crippen molar-refractivity contribution in [2.24, 2.45) is 0 Å². The van der Waals surface area contributed by atoms with Crippen LogP contribution < -0.4 is 11.1 Å². The van der Waals surface area contributed by atoms with Gasteiger partial charge in [0, 0.05) is 12.7 Å². The molecule has 3 N–H and O–H groups in total. The highest BCUT2D eigenvalue weighted by molar-refractivity contribution is 5.86. The van der Waals surface area contributed by atoms with Crippen LogP contribution >= 0.6 is 0 Å². The van der Waals surface area contributed by atoms with Crippen LogP contribution in [0.25, 0.3) is 11.0 Å². The molecule has 1 aliphatic carbocycles. The van der Waals surface area contributed by atoms with Crippen LogP contribution in [0.3, 0.4) is 0 Å². The molecule has 1 aliphatic heterocycles. The van der Waals surface area contributed by atoms with Crippen molar-refractivity contribution in [2.75, 3.05) is 12.3 Å². The molecule has 0 radical (unpaired) electrons. The number of allylic oxidation sites excluding steroid dienone is 2. The molecule has 1 atom stereocenters. The number of anilines is 1. The second-order valence-electron chi connectivity index (χ2n) is 8.14. The Kier molecular flexibility index (Phi) is 4.40. The second-order valence-corrected chi connectivity index (χ2v) is 8.14. The zero-order valence-corrected chi connectivity index (χ0v) is 16.4. The van der Waals surface area contributed by atoms with Crippen molar-refractivity contribution < 1.29 is 0 Å². The van der Waals surface area contributed by atoms with Gasteiger partial charge in [-0.25, -0.2) is 9.97 Å². The highest BCUT2D eigenvalue weighted by Gasteiger charge is 2.20. The smallest absolute Gasteiger partial charge is 0.146 e. The van der Waals surface area contributed by atoms with Gasteiger partial charge in [-0.2, -0.15) is 0 Å². The molecule has 144 valence electrons. The third-order valence-electron chi connectivity index (χ3n) is 6.25. The number of aryl methyl sites for hydroxylation is 2. The summed E-state index contributed by atoms with van der Waals surface area (Å²) in [6.45, 7) is 4.34. The summed E-state index contributed by atoms with van der Waals surface area (Å²) in [4.78, 5) is 8.56. The van der Waals surface area contributed by atoms with Crippen molar-refractivity contribution in [1.29, 1.82) is 0 Å². The molecule has 0 saturated carbocycles. The summed E-state index contributed by atoms with van der Waals surface area (Å²) in [6, 6.07) is 7.16. The Balaban J connectivity index is 1.35. The number of fused-ring (bicyclic) bond motifs is 2. The quantitative estimate of drug-likeness (QED) is 0.682. The van der Waals surface area contributed by atoms with Crippen LogP contribution in [0.4, 0.5) is 5.82 Å². The lowest BCUT2D eigenvalue weighted by molar-refractivity contribution is 0.603. The maximum Gasteiger partial charge on any atom is 0.146 e. The third kappa shape index (κ3) is 3.10. The Bertz CT molecular complexity index is 1060. The zero-order chi connectivity index (χ0) is 19.1. The Hall–Kier alpha value is -2.66. The van der Waals surface area contributed by atoms with Crippen molar-refractivity contribution in [3.63, 3.8) is 0 Å². The first-order chi connectivity index (χ1) is 13.7. The van der Waals surface area contributed by atoms with E-state index in [4.69, 9.17) is 5.73 Å². The molecule has 5 heteroatoms. The normalized spacial score (nSPS) is 19.0. The SMILES string of the molecule is Cc1cc2c(c(CCC3=CC(n4ccc5c(N)ncnc54)CC3)c1)CNCC2. The Morgan fingerprint density at radius 3 is 3.07 bits per heavy atom. The van der Waals surface area contributed by atoms with Gasteiger partial charge in [0.2, 0.25) is 0 Å². The highest BCUT2D eigenvalue weighted by Crippen LogP contribution is 2.34. The summed E-state index contributed by atoms with van der Waals surface area (Å²) >= 11 is 0. The highest BCUT2D eigenvalue weighted by atomic mass is 15.1. The van der Waals surface area contributed by atoms with Crippen molar-refractivity contribution in [2.45, 2.75) is 51.6 Å². The molecule has 28 heavy (non-hydrogen) atoms. The molecule has 3 heterocycles. The summed E-state index contributed by atoms with van der Waals surface area (Å²) in [6.07, 6.45) is 11.8. The first-order valence-electron chi connectivity index (χ1n) is 10.3. The lowest BCUT2D eigenvalue weighted by atomic mass is 9.90. The van der Waals surface area contributed by atoms with Crippen molar-refractivity contribution >= 4 is 16.9 Å². The topological polar surface area (TPSA) is 68.8 Å². The summed E-state index contributed by atoms with van der Waals surface area (Å²) in [7, 11) is 0. The molecule has 1 aromatic carbocycles. The van der Waals surface area contributed by atoms with Gasteiger partial charge in [-0.05, 0) is 68.3 Å². The van der Waals surface area contributed by atoms with Crippen molar-refractivity contribution in [3.05, 3.63) is 64.6 Å². The van der Waals surface area contributed by atoms with E-state index in [1.165, 1.54) is 16.7 Å². The van der Waals surface area contributed by atoms with Crippen molar-refractivity contribution in [1.82, 2.24) is 19.9 Å². The Morgan fingerprint density at radius 2 is 2.14 bits per heavy atom. The van der Waals surface area contributed by atoms with E-state index in [1.807, 2.05) is 6.07 Å². The van der Waals surface area contributed by atoms with Crippen LogP contribution in [0, 0.1) is 6.92 Å². The van der Waals surface area contributed by atoms with Gasteiger partial charge in [0.15, 0.2) is 0 Å². The molecule has 0 amide bonds. The summed E-state index contributed by atoms with van der Waals surface area (Å²) in [5.74, 6) is 0.559. The number of nitrogens with one attached hydrogen (secondary N) is 1. The van der Waals surface area contributed by atoms with E-state index in [-0.39, 0.29) is 0 Å². The molecular weight excluding hydrogens is 346 g/mol. The van der Waals surface area contributed by atoms with Crippen LogP contribution in [-0.2, 0) is 19.4 Å². The van der Waals surface area contributed by atoms with Gasteiger partial charge in [-0.1, -0.05) is 29.3 Å². The van der Waals surface area contributed by atoms with E-state index in [9.17, 15) is 0 Å². The molecule has 1 unspecified atom stereocenters. The minimum absolute atomic E-state index is 0.370. The summed E-state index contributed by atoms with van der Waals surface area (Å²) in [5, 5.41) is 4.48. The summed E-state index contributed by atoms with van der Waals surface area (Å²) in [5.41, 5.74) is 14.5. The Morgan fingerprint density at radius 1 is 1.21 bits per heavy atom. The number of benzene rings is 1. The van der Waals surface area contributed by atoms with Crippen LogP contribution in [0.2, 0.25) is 0 Å². The van der Waals surface area contributed by atoms with Crippen LogP contribution in [0.1, 0.15) is 47.6 Å². The zero-order valence-electron chi connectivity index (χ0n) is 16.4. The fourth-order valence-electron chi connectivity index (χ4n) is 4.83. The van der Waals surface area contributed by atoms with E-state index < -0.39 is 0 Å². The molecule has 0 saturated heterocycles. The van der Waals surface area contributed by atoms with Crippen LogP contribution in [0.15, 0.2) is 42.4 Å². The predicted octanol–water partition coefficient (Wildman–Crippen LogP) is 3.86. The van der Waals surface area contributed by atoms with E-state index in [1.54, 1.807) is 17.5 Å². The van der Waals surface area contributed by atoms with Gasteiger partial charge in [0.05, 0.1) is 11.4 Å². The van der Waals surface area contributed by atoms with E-state index in [0.29, 0.717) is 11.9 Å². The van der Waals surface area contributed by atoms with E-state index in [0.717, 1.165) is 56.2 Å². The van der Waals surface area contributed by atoms with E-state index in [2.05, 4.69) is 51.2 Å². The number of nitrogen functional groups attached to an aromatic ring is 1. The molecular formula is C23H27N5. The van der Waals surface area contributed by atoms with Gasteiger partial charge in [-0.3, -0.25) is 0 Å². The lowest BCUT2D eigenvalue weighted by Crippen LogP contribution is -2.25. The molecule has 5 nitrogen and oxygen atoms in total. The Labute approximate surface area is 165 Å². The minimum atomic E-state index is 0.370. The number of nitrogens with zero attached hydrogens (tertiary/aromatic N) is 3. The molecule has 0 fully saturated rings. The molecule has 5 rings (SSSR count). The van der Waals surface area contributed by atoms with E-state index >= 15 is 0 Å². The molecule has 3 aromatic rings. The van der Waals surface area contributed by atoms with Gasteiger partial charge >= 0.3 is 0 Å². The fourth-order valence-corrected chi connectivity index (χ4v) is 4.83. The monoisotopic (exact) mass is 373 g/mol. The van der Waals surface area contributed by atoms with Gasteiger partial charge in [0.25, 0.3) is 0 Å². The molecule has 0 spiro atoms. The molecule has 2 aliphatic rings. The first-order valence-corrected chi connectivity index (χ1v) is 10.3. The summed E-state index contributed by atoms with van der Waals surface area (Å²) < 4.78 is 2.25. The van der Waals surface area contributed by atoms with Crippen molar-refractivity contribution in [3.8, 4) is 0 Å². The third-order valence-corrected chi connectivity index (χ3v) is 6.25.